The van der Waals surface area contributed by atoms with E-state index < -0.39 is 12.0 Å². The minimum Gasteiger partial charge on any atom is -0.493 e. The molecule has 24 heavy (non-hydrogen) atoms. The van der Waals surface area contributed by atoms with E-state index in [0.29, 0.717) is 22.8 Å². The van der Waals surface area contributed by atoms with E-state index in [1.165, 1.54) is 11.8 Å². The first kappa shape index (κ1) is 16.6. The van der Waals surface area contributed by atoms with Gasteiger partial charge in [0.1, 0.15) is 10.8 Å². The van der Waals surface area contributed by atoms with Crippen molar-refractivity contribution in [2.75, 3.05) is 12.4 Å². The molecule has 0 atom stereocenters. The van der Waals surface area contributed by atoms with Crippen molar-refractivity contribution in [3.05, 3.63) is 60.4 Å². The average Bonchev–Trinajstić information content (AvgIpc) is 2.58. The molecule has 0 fully saturated rings. The molecule has 0 spiro atoms. The van der Waals surface area contributed by atoms with Gasteiger partial charge in [0.2, 0.25) is 5.82 Å². The molecule has 3 rings (SSSR count). The molecule has 124 valence electrons. The Labute approximate surface area is 140 Å². The quantitative estimate of drug-likeness (QED) is 0.375. The van der Waals surface area contributed by atoms with E-state index in [1.807, 2.05) is 30.3 Å². The normalized spacial score (nSPS) is 11.6. The molecule has 0 saturated heterocycles. The molecule has 0 unspecified atom stereocenters. The summed E-state index contributed by atoms with van der Waals surface area (Å²) >= 11 is 1.22. The van der Waals surface area contributed by atoms with Crippen molar-refractivity contribution in [2.45, 2.75) is 11.2 Å². The van der Waals surface area contributed by atoms with Gasteiger partial charge in [-0.15, -0.1) is 11.8 Å². The lowest BCUT2D eigenvalue weighted by atomic mass is 10.2. The van der Waals surface area contributed by atoms with Crippen LogP contribution in [0.5, 0.6) is 5.75 Å². The molecule has 0 saturated carbocycles. The summed E-state index contributed by atoms with van der Waals surface area (Å²) in [6.45, 7) is 0.369. The number of hydrogen-bond acceptors (Lipinski definition) is 4. The minimum atomic E-state index is -4.57. The van der Waals surface area contributed by atoms with Crippen LogP contribution in [0.4, 0.5) is 13.2 Å². The molecule has 1 heterocycles. The Morgan fingerprint density at radius 2 is 1.62 bits per heavy atom. The van der Waals surface area contributed by atoms with Crippen LogP contribution in [0.1, 0.15) is 5.82 Å². The van der Waals surface area contributed by atoms with Crippen molar-refractivity contribution in [3.63, 3.8) is 0 Å². The van der Waals surface area contributed by atoms with Gasteiger partial charge in [-0.05, 0) is 18.2 Å². The fourth-order valence-corrected chi connectivity index (χ4v) is 2.94. The lowest BCUT2D eigenvalue weighted by Gasteiger charge is -2.10. The molecule has 0 aliphatic heterocycles. The third kappa shape index (κ3) is 3.97. The van der Waals surface area contributed by atoms with Gasteiger partial charge in [0.05, 0.1) is 12.1 Å². The van der Waals surface area contributed by atoms with E-state index >= 15 is 0 Å². The second kappa shape index (κ2) is 7.09. The van der Waals surface area contributed by atoms with Crippen molar-refractivity contribution in [1.82, 2.24) is 9.97 Å². The molecule has 0 aliphatic carbocycles. The van der Waals surface area contributed by atoms with Crippen LogP contribution in [-0.4, -0.2) is 22.3 Å². The third-order valence-electron chi connectivity index (χ3n) is 3.16. The van der Waals surface area contributed by atoms with Gasteiger partial charge in [0.25, 0.3) is 0 Å². The molecule has 3 nitrogen and oxygen atoms in total. The molecule has 1 aromatic heterocycles. The van der Waals surface area contributed by atoms with E-state index in [-0.39, 0.29) is 5.52 Å². The van der Waals surface area contributed by atoms with Crippen LogP contribution in [0.2, 0.25) is 0 Å². The molecular formula is C17H13F3N2OS. The predicted octanol–water partition coefficient (Wildman–Crippen LogP) is 4.82. The summed E-state index contributed by atoms with van der Waals surface area (Å²) in [6, 6.07) is 15.9. The van der Waals surface area contributed by atoms with Crippen LogP contribution >= 0.6 is 11.8 Å². The van der Waals surface area contributed by atoms with E-state index in [0.717, 1.165) is 5.75 Å². The van der Waals surface area contributed by atoms with Gasteiger partial charge in [0, 0.05) is 11.1 Å². The fraction of sp³-hybridized carbons (Fsp3) is 0.176. The highest BCUT2D eigenvalue weighted by Crippen LogP contribution is 2.31. The van der Waals surface area contributed by atoms with Crippen LogP contribution in [0, 0.1) is 0 Å². The van der Waals surface area contributed by atoms with E-state index in [2.05, 4.69) is 9.97 Å². The number of rotatable bonds is 5. The summed E-state index contributed by atoms with van der Waals surface area (Å²) in [5.74, 6) is 0.0852. The second-order valence-corrected chi connectivity index (χ2v) is 5.96. The first-order chi connectivity index (χ1) is 11.5. The highest BCUT2D eigenvalue weighted by Gasteiger charge is 2.35. The van der Waals surface area contributed by atoms with Crippen LogP contribution in [0.15, 0.2) is 59.6 Å². The Bertz CT molecular complexity index is 825. The Morgan fingerprint density at radius 1 is 0.917 bits per heavy atom. The average molecular weight is 350 g/mol. The van der Waals surface area contributed by atoms with Gasteiger partial charge in [-0.1, -0.05) is 36.4 Å². The molecule has 7 heteroatoms. The van der Waals surface area contributed by atoms with E-state index in [4.69, 9.17) is 4.74 Å². The third-order valence-corrected chi connectivity index (χ3v) is 4.11. The lowest BCUT2D eigenvalue weighted by molar-refractivity contribution is -0.145. The number of alkyl halides is 3. The van der Waals surface area contributed by atoms with Crippen molar-refractivity contribution < 1.29 is 17.9 Å². The van der Waals surface area contributed by atoms with E-state index in [1.54, 1.807) is 24.3 Å². The molecule has 0 radical (unpaired) electrons. The van der Waals surface area contributed by atoms with E-state index in [9.17, 15) is 13.2 Å². The first-order valence-electron chi connectivity index (χ1n) is 7.19. The van der Waals surface area contributed by atoms with Gasteiger partial charge in [-0.3, -0.25) is 0 Å². The number of nitrogens with zero attached hydrogens (tertiary/aromatic N) is 2. The summed E-state index contributed by atoms with van der Waals surface area (Å²) in [5, 5.41) is 0.916. The van der Waals surface area contributed by atoms with Crippen LogP contribution in [0.3, 0.4) is 0 Å². The fourth-order valence-electron chi connectivity index (χ4n) is 2.10. The van der Waals surface area contributed by atoms with Crippen molar-refractivity contribution in [3.8, 4) is 5.75 Å². The van der Waals surface area contributed by atoms with Crippen LogP contribution in [-0.2, 0) is 6.18 Å². The number of ether oxygens (including phenoxy) is 1. The van der Waals surface area contributed by atoms with Gasteiger partial charge < -0.3 is 4.74 Å². The number of halogens is 3. The van der Waals surface area contributed by atoms with Gasteiger partial charge in [-0.25, -0.2) is 9.97 Å². The number of thioether (sulfide) groups is 1. The number of benzene rings is 2. The predicted molar refractivity (Wildman–Crippen MR) is 87.2 cm³/mol. The minimum absolute atomic E-state index is 0.284. The summed E-state index contributed by atoms with van der Waals surface area (Å²) < 4.78 is 44.4. The largest absolute Gasteiger partial charge is 0.493 e. The number of aromatic nitrogens is 2. The molecule has 0 bridgehead atoms. The highest BCUT2D eigenvalue weighted by atomic mass is 32.2. The van der Waals surface area contributed by atoms with Gasteiger partial charge in [0.15, 0.2) is 0 Å². The maximum Gasteiger partial charge on any atom is 0.451 e. The second-order valence-electron chi connectivity index (χ2n) is 4.88. The maximum absolute atomic E-state index is 12.9. The number of hydrogen-bond donors (Lipinski definition) is 0. The Kier molecular flexibility index (Phi) is 4.89. The zero-order valence-electron chi connectivity index (χ0n) is 12.5. The molecule has 0 amide bonds. The molecule has 3 aromatic rings. The standard InChI is InChI=1S/C17H13F3N2OS/c18-17(19,20)16-21-14-9-5-4-8-13(14)15(22-16)24-11-10-23-12-6-2-1-3-7-12/h1-9H,10-11H2. The summed E-state index contributed by atoms with van der Waals surface area (Å²) in [6.07, 6.45) is -4.57. The Balaban J connectivity index is 1.75. The number of fused-ring (bicyclic) bond motifs is 1. The smallest absolute Gasteiger partial charge is 0.451 e. The maximum atomic E-state index is 12.9. The van der Waals surface area contributed by atoms with Crippen LogP contribution in [0.25, 0.3) is 10.9 Å². The monoisotopic (exact) mass is 350 g/mol. The Hall–Kier alpha value is -2.28. The zero-order valence-corrected chi connectivity index (χ0v) is 13.3. The molecule has 0 aliphatic rings. The highest BCUT2D eigenvalue weighted by molar-refractivity contribution is 7.99. The topological polar surface area (TPSA) is 35.0 Å². The summed E-state index contributed by atoms with van der Waals surface area (Å²) in [5.41, 5.74) is 0.284. The zero-order chi connectivity index (χ0) is 17.0. The van der Waals surface area contributed by atoms with Crippen molar-refractivity contribution in [1.29, 1.82) is 0 Å². The molecule has 2 aromatic carbocycles. The lowest BCUT2D eigenvalue weighted by Crippen LogP contribution is -2.12. The van der Waals surface area contributed by atoms with Crippen molar-refractivity contribution in [2.24, 2.45) is 0 Å². The summed E-state index contributed by atoms with van der Waals surface area (Å²) in [4.78, 5) is 7.29. The number of para-hydroxylation sites is 2. The SMILES string of the molecule is FC(F)(F)c1nc(SCCOc2ccccc2)c2ccccc2n1. The molecule has 0 N–H and O–H groups in total. The van der Waals surface area contributed by atoms with Gasteiger partial charge >= 0.3 is 6.18 Å². The Morgan fingerprint density at radius 3 is 2.38 bits per heavy atom. The summed E-state index contributed by atoms with van der Waals surface area (Å²) in [7, 11) is 0. The van der Waals surface area contributed by atoms with Crippen LogP contribution < -0.4 is 4.74 Å². The van der Waals surface area contributed by atoms with Crippen molar-refractivity contribution >= 4 is 22.7 Å². The first-order valence-corrected chi connectivity index (χ1v) is 8.17. The molecular weight excluding hydrogens is 337 g/mol. The van der Waals surface area contributed by atoms with Gasteiger partial charge in [-0.2, -0.15) is 13.2 Å².